The quantitative estimate of drug-likeness (QED) is 0.885. The van der Waals surface area contributed by atoms with Crippen LogP contribution in [0.25, 0.3) is 0 Å². The molecule has 0 aliphatic heterocycles. The average Bonchev–Trinajstić information content (AvgIpc) is 2.70. The van der Waals surface area contributed by atoms with E-state index in [-0.39, 0.29) is 5.13 Å². The van der Waals surface area contributed by atoms with Gasteiger partial charge in [0, 0.05) is 6.20 Å². The van der Waals surface area contributed by atoms with E-state index in [0.717, 1.165) is 17.4 Å². The molecule has 0 saturated heterocycles. The number of pyridine rings is 1. The van der Waals surface area contributed by atoms with Crippen LogP contribution in [0.4, 0.5) is 9.52 Å². The summed E-state index contributed by atoms with van der Waals surface area (Å²) in [7, 11) is -4.04. The molecule has 2 heterocycles. The summed E-state index contributed by atoms with van der Waals surface area (Å²) in [6.45, 7) is 0. The van der Waals surface area contributed by atoms with Gasteiger partial charge in [-0.05, 0) is 12.1 Å². The van der Waals surface area contributed by atoms with Gasteiger partial charge in [-0.1, -0.05) is 11.3 Å². The number of nitrogens with zero attached hydrogens (tertiary/aromatic N) is 3. The Labute approximate surface area is 94.2 Å². The molecule has 16 heavy (non-hydrogen) atoms. The summed E-state index contributed by atoms with van der Waals surface area (Å²) >= 11 is 0.988. The van der Waals surface area contributed by atoms with Crippen molar-refractivity contribution >= 4 is 26.5 Å². The Hall–Kier alpha value is -1.61. The molecule has 0 radical (unpaired) electrons. The molecule has 0 bridgehead atoms. The van der Waals surface area contributed by atoms with Crippen LogP contribution in [0.1, 0.15) is 0 Å². The first-order valence-electron chi connectivity index (χ1n) is 3.99. The number of hydrogen-bond donors (Lipinski definition) is 1. The van der Waals surface area contributed by atoms with Crippen LogP contribution in [0.15, 0.2) is 28.9 Å². The molecule has 9 heteroatoms. The zero-order valence-electron chi connectivity index (χ0n) is 7.66. The number of halogens is 1. The lowest BCUT2D eigenvalue weighted by molar-refractivity contribution is 0.556. The molecule has 0 aliphatic carbocycles. The summed E-state index contributed by atoms with van der Waals surface area (Å²) in [5.74, 6) is -0.917. The first-order valence-corrected chi connectivity index (χ1v) is 6.35. The van der Waals surface area contributed by atoms with Crippen molar-refractivity contribution in [2.45, 2.75) is 5.03 Å². The first kappa shape index (κ1) is 10.9. The molecule has 0 atom stereocenters. The van der Waals surface area contributed by atoms with Crippen molar-refractivity contribution < 1.29 is 12.8 Å². The van der Waals surface area contributed by atoms with Crippen molar-refractivity contribution in [1.82, 2.24) is 15.2 Å². The van der Waals surface area contributed by atoms with Crippen LogP contribution in [-0.4, -0.2) is 23.6 Å². The number of nitrogens with one attached hydrogen (secondary N) is 1. The maximum absolute atomic E-state index is 13.2. The van der Waals surface area contributed by atoms with Crippen molar-refractivity contribution in [2.75, 3.05) is 4.72 Å². The fourth-order valence-electron chi connectivity index (χ4n) is 0.950. The van der Waals surface area contributed by atoms with Gasteiger partial charge in [-0.25, -0.2) is 9.37 Å². The predicted molar refractivity (Wildman–Crippen MR) is 54.9 cm³/mol. The van der Waals surface area contributed by atoms with Crippen molar-refractivity contribution in [2.24, 2.45) is 0 Å². The fourth-order valence-corrected chi connectivity index (χ4v) is 2.65. The predicted octanol–water partition coefficient (Wildman–Crippen LogP) is 0.873. The lowest BCUT2D eigenvalue weighted by atomic mass is 10.5. The smallest absolute Gasteiger partial charge is 0.252 e. The third-order valence-electron chi connectivity index (χ3n) is 1.56. The molecule has 0 saturated carbocycles. The van der Waals surface area contributed by atoms with Gasteiger partial charge >= 0.3 is 0 Å². The Morgan fingerprint density at radius 1 is 1.44 bits per heavy atom. The van der Waals surface area contributed by atoms with E-state index in [1.807, 2.05) is 0 Å². The highest BCUT2D eigenvalue weighted by molar-refractivity contribution is 7.92. The van der Waals surface area contributed by atoms with Crippen LogP contribution in [0.5, 0.6) is 0 Å². The maximum atomic E-state index is 13.2. The van der Waals surface area contributed by atoms with E-state index in [2.05, 4.69) is 19.9 Å². The molecule has 0 unspecified atom stereocenters. The second-order valence-electron chi connectivity index (χ2n) is 2.64. The highest BCUT2D eigenvalue weighted by Gasteiger charge is 2.21. The Kier molecular flexibility index (Phi) is 2.79. The lowest BCUT2D eigenvalue weighted by Crippen LogP contribution is -2.16. The minimum absolute atomic E-state index is 0.0602. The van der Waals surface area contributed by atoms with E-state index in [0.29, 0.717) is 0 Å². The number of aromatic nitrogens is 3. The summed E-state index contributed by atoms with van der Waals surface area (Å²) in [6.07, 6.45) is 1.19. The minimum atomic E-state index is -4.04. The van der Waals surface area contributed by atoms with Crippen molar-refractivity contribution in [3.05, 3.63) is 29.7 Å². The minimum Gasteiger partial charge on any atom is -0.252 e. The third-order valence-corrected chi connectivity index (χ3v) is 3.57. The summed E-state index contributed by atoms with van der Waals surface area (Å²) in [5.41, 5.74) is 1.35. The zero-order chi connectivity index (χ0) is 11.6. The van der Waals surface area contributed by atoms with Gasteiger partial charge in [0.2, 0.25) is 10.2 Å². The lowest BCUT2D eigenvalue weighted by Gasteiger charge is -2.03. The third kappa shape index (κ3) is 2.14. The molecular weight excluding hydrogens is 255 g/mol. The van der Waals surface area contributed by atoms with Gasteiger partial charge in [-0.15, -0.1) is 10.2 Å². The van der Waals surface area contributed by atoms with Crippen molar-refractivity contribution in [3.8, 4) is 0 Å². The maximum Gasteiger partial charge on any atom is 0.284 e. The van der Waals surface area contributed by atoms with Crippen molar-refractivity contribution in [1.29, 1.82) is 0 Å². The molecule has 6 nitrogen and oxygen atoms in total. The second-order valence-corrected chi connectivity index (χ2v) is 5.07. The molecule has 0 aromatic carbocycles. The Morgan fingerprint density at radius 2 is 2.25 bits per heavy atom. The molecule has 0 fully saturated rings. The van der Waals surface area contributed by atoms with Gasteiger partial charge < -0.3 is 0 Å². The molecular formula is C7H5FN4O2S2. The van der Waals surface area contributed by atoms with Gasteiger partial charge in [0.05, 0.1) is 0 Å². The number of sulfonamides is 1. The largest absolute Gasteiger partial charge is 0.284 e. The van der Waals surface area contributed by atoms with E-state index >= 15 is 0 Å². The van der Waals surface area contributed by atoms with E-state index < -0.39 is 20.9 Å². The molecule has 2 aromatic heterocycles. The standard InChI is InChI=1S/C7H5FN4O2S2/c8-5-2-1-3-9-6(5)16(13,14)12-7-11-10-4-15-7/h1-4H,(H,11,12). The van der Waals surface area contributed by atoms with Gasteiger partial charge in [-0.2, -0.15) is 8.42 Å². The van der Waals surface area contributed by atoms with Gasteiger partial charge in [0.15, 0.2) is 5.82 Å². The van der Waals surface area contributed by atoms with E-state index in [9.17, 15) is 12.8 Å². The number of hydrogen-bond acceptors (Lipinski definition) is 6. The normalized spacial score (nSPS) is 11.3. The summed E-state index contributed by atoms with van der Waals surface area (Å²) in [4.78, 5) is 3.46. The van der Waals surface area contributed by atoms with Gasteiger partial charge in [0.25, 0.3) is 10.0 Å². The Balaban J connectivity index is 2.37. The molecule has 84 valence electrons. The molecule has 1 N–H and O–H groups in total. The van der Waals surface area contributed by atoms with Gasteiger partial charge in [-0.3, -0.25) is 4.72 Å². The molecule has 0 amide bonds. The summed E-state index contributed by atoms with van der Waals surface area (Å²) in [5, 5.41) is 6.33. The van der Waals surface area contributed by atoms with Crippen LogP contribution in [0, 0.1) is 5.82 Å². The fraction of sp³-hybridized carbons (Fsp3) is 0. The van der Waals surface area contributed by atoms with Crippen LogP contribution in [-0.2, 0) is 10.0 Å². The summed E-state index contributed by atoms with van der Waals surface area (Å²) in [6, 6.07) is 2.32. The Morgan fingerprint density at radius 3 is 2.88 bits per heavy atom. The monoisotopic (exact) mass is 260 g/mol. The molecule has 2 rings (SSSR count). The van der Waals surface area contributed by atoms with E-state index in [4.69, 9.17) is 0 Å². The van der Waals surface area contributed by atoms with Crippen LogP contribution in [0.3, 0.4) is 0 Å². The van der Waals surface area contributed by atoms with Crippen LogP contribution < -0.4 is 4.72 Å². The average molecular weight is 260 g/mol. The zero-order valence-corrected chi connectivity index (χ0v) is 9.29. The number of anilines is 1. The van der Waals surface area contributed by atoms with Crippen LogP contribution >= 0.6 is 11.3 Å². The molecule has 0 spiro atoms. The van der Waals surface area contributed by atoms with Crippen molar-refractivity contribution in [3.63, 3.8) is 0 Å². The highest BCUT2D eigenvalue weighted by Crippen LogP contribution is 2.16. The molecule has 0 aliphatic rings. The topological polar surface area (TPSA) is 84.8 Å². The van der Waals surface area contributed by atoms with E-state index in [1.54, 1.807) is 0 Å². The Bertz CT molecular complexity index is 584. The highest BCUT2D eigenvalue weighted by atomic mass is 32.2. The van der Waals surface area contributed by atoms with Gasteiger partial charge in [0.1, 0.15) is 5.51 Å². The summed E-state index contributed by atoms with van der Waals surface area (Å²) < 4.78 is 38.6. The van der Waals surface area contributed by atoms with Crippen LogP contribution in [0.2, 0.25) is 0 Å². The first-order chi connectivity index (χ1) is 7.59. The van der Waals surface area contributed by atoms with E-state index in [1.165, 1.54) is 17.8 Å². The SMILES string of the molecule is O=S(=O)(Nc1nncs1)c1ncccc1F. The number of rotatable bonds is 3. The molecule has 2 aromatic rings. The second kappa shape index (κ2) is 4.10.